The highest BCUT2D eigenvalue weighted by Gasteiger charge is 2.19. The van der Waals surface area contributed by atoms with E-state index in [1.807, 2.05) is 0 Å². The van der Waals surface area contributed by atoms with Gasteiger partial charge in [-0.05, 0) is 47.5 Å². The van der Waals surface area contributed by atoms with E-state index in [9.17, 15) is 0 Å². The van der Waals surface area contributed by atoms with Crippen LogP contribution in [0.2, 0.25) is 0 Å². The molecule has 0 saturated carbocycles. The van der Waals surface area contributed by atoms with Crippen molar-refractivity contribution in [2.45, 2.75) is 90.6 Å². The summed E-state index contributed by atoms with van der Waals surface area (Å²) in [5, 5.41) is 0. The minimum Gasteiger partial charge on any atom is -0.0652 e. The van der Waals surface area contributed by atoms with Crippen LogP contribution in [-0.2, 0) is 33.3 Å². The van der Waals surface area contributed by atoms with Crippen LogP contribution in [0, 0.1) is 0 Å². The first kappa shape index (κ1) is 24.0. The molecule has 1 aromatic carbocycles. The van der Waals surface area contributed by atoms with E-state index in [1.54, 1.807) is 11.1 Å². The second-order valence-electron chi connectivity index (χ2n) is 7.56. The summed E-state index contributed by atoms with van der Waals surface area (Å²) < 4.78 is 0. The average molecular weight is 397 g/mol. The normalized spacial score (nSPS) is 11.6. The zero-order valence-electron chi connectivity index (χ0n) is 18.0. The van der Waals surface area contributed by atoms with Crippen molar-refractivity contribution >= 4 is 21.8 Å². The summed E-state index contributed by atoms with van der Waals surface area (Å²) >= 11 is 0. The summed E-state index contributed by atoms with van der Waals surface area (Å²) in [6.07, 6.45) is 11.0. The van der Waals surface area contributed by atoms with Crippen molar-refractivity contribution in [2.24, 2.45) is 0 Å². The molecule has 0 aromatic heterocycles. The van der Waals surface area contributed by atoms with Gasteiger partial charge in [0, 0.05) is 11.1 Å². The molecule has 0 radical (unpaired) electrons. The Bertz CT molecular complexity index is 369. The van der Waals surface area contributed by atoms with Gasteiger partial charge in [0.2, 0.25) is 0 Å². The van der Waals surface area contributed by atoms with Crippen LogP contribution in [0.4, 0.5) is 0 Å². The lowest BCUT2D eigenvalue weighted by atomic mass is 10.2. The summed E-state index contributed by atoms with van der Waals surface area (Å²) in [6, 6.07) is 9.76. The smallest absolute Gasteiger partial charge is 0.0652 e. The number of benzene rings is 1. The summed E-state index contributed by atoms with van der Waals surface area (Å²) in [5.41, 5.74) is 3.15. The maximum absolute atomic E-state index is 2.44. The standard InChI is InChI=1S/C24H44S2/c1-5-9-17-25(18-10-6-2)21-23-13-15-24(16-14-23)22-26(19-11-7-3)20-12-8-4/h13-16H,5-12,17-22H2,1-4H3/q+2. The topological polar surface area (TPSA) is 0 Å². The zero-order chi connectivity index (χ0) is 19.0. The molecular formula is C24H44S2+2. The van der Waals surface area contributed by atoms with Crippen LogP contribution < -0.4 is 0 Å². The largest absolute Gasteiger partial charge is 0.133 e. The minimum atomic E-state index is 0.601. The van der Waals surface area contributed by atoms with Crippen LogP contribution in [0.25, 0.3) is 0 Å². The molecule has 0 fully saturated rings. The molecule has 0 aliphatic carbocycles. The molecule has 1 rings (SSSR count). The summed E-state index contributed by atoms with van der Waals surface area (Å²) in [5.74, 6) is 8.40. The number of hydrogen-bond acceptors (Lipinski definition) is 0. The molecule has 0 nitrogen and oxygen atoms in total. The number of rotatable bonds is 16. The highest BCUT2D eigenvalue weighted by molar-refractivity contribution is 7.96. The van der Waals surface area contributed by atoms with Crippen molar-refractivity contribution in [3.05, 3.63) is 35.4 Å². The van der Waals surface area contributed by atoms with Crippen molar-refractivity contribution in [3.8, 4) is 0 Å². The fraction of sp³-hybridized carbons (Fsp3) is 0.750. The molecule has 0 atom stereocenters. The molecule has 0 aliphatic heterocycles. The highest BCUT2D eigenvalue weighted by Crippen LogP contribution is 2.17. The summed E-state index contributed by atoms with van der Waals surface area (Å²) in [6.45, 7) is 9.30. The maximum atomic E-state index is 2.44. The first-order chi connectivity index (χ1) is 12.7. The van der Waals surface area contributed by atoms with Crippen molar-refractivity contribution in [2.75, 3.05) is 23.0 Å². The van der Waals surface area contributed by atoms with Gasteiger partial charge in [0.05, 0.1) is 0 Å². The molecule has 0 aliphatic rings. The Morgan fingerprint density at radius 2 is 0.769 bits per heavy atom. The van der Waals surface area contributed by atoms with Crippen LogP contribution in [0.15, 0.2) is 24.3 Å². The van der Waals surface area contributed by atoms with Gasteiger partial charge in [-0.3, -0.25) is 0 Å². The lowest BCUT2D eigenvalue weighted by molar-refractivity contribution is 0.870. The zero-order valence-corrected chi connectivity index (χ0v) is 19.7. The molecule has 0 heterocycles. The molecule has 0 N–H and O–H groups in total. The van der Waals surface area contributed by atoms with Gasteiger partial charge in [0.15, 0.2) is 0 Å². The van der Waals surface area contributed by atoms with Crippen molar-refractivity contribution in [1.82, 2.24) is 0 Å². The SMILES string of the molecule is CCCC[S+](CCCC)Cc1ccc(C[S+](CCCC)CCCC)cc1. The Labute approximate surface area is 170 Å². The van der Waals surface area contributed by atoms with Gasteiger partial charge in [-0.1, -0.05) is 77.6 Å². The maximum Gasteiger partial charge on any atom is 0.133 e. The molecular weight excluding hydrogens is 352 g/mol. The summed E-state index contributed by atoms with van der Waals surface area (Å²) in [7, 11) is 1.20. The predicted molar refractivity (Wildman–Crippen MR) is 128 cm³/mol. The van der Waals surface area contributed by atoms with Crippen molar-refractivity contribution < 1.29 is 0 Å². The van der Waals surface area contributed by atoms with Gasteiger partial charge >= 0.3 is 0 Å². The van der Waals surface area contributed by atoms with E-state index in [1.165, 1.54) is 85.9 Å². The van der Waals surface area contributed by atoms with E-state index in [-0.39, 0.29) is 0 Å². The van der Waals surface area contributed by atoms with Crippen molar-refractivity contribution in [1.29, 1.82) is 0 Å². The van der Waals surface area contributed by atoms with Gasteiger partial charge in [-0.25, -0.2) is 0 Å². The fourth-order valence-corrected chi connectivity index (χ4v) is 8.19. The Kier molecular flexibility index (Phi) is 14.7. The molecule has 0 unspecified atom stereocenters. The third-order valence-corrected chi connectivity index (χ3v) is 9.86. The Balaban J connectivity index is 2.58. The van der Waals surface area contributed by atoms with Crippen LogP contribution >= 0.6 is 0 Å². The van der Waals surface area contributed by atoms with E-state index < -0.39 is 0 Å². The molecule has 26 heavy (non-hydrogen) atoms. The molecule has 2 heteroatoms. The van der Waals surface area contributed by atoms with E-state index in [0.717, 1.165) is 0 Å². The fourth-order valence-electron chi connectivity index (χ4n) is 3.09. The molecule has 0 saturated heterocycles. The minimum absolute atomic E-state index is 0.601. The van der Waals surface area contributed by atoms with Crippen molar-refractivity contribution in [3.63, 3.8) is 0 Å². The van der Waals surface area contributed by atoms with Crippen LogP contribution in [0.1, 0.15) is 90.2 Å². The lowest BCUT2D eigenvalue weighted by Crippen LogP contribution is -2.16. The van der Waals surface area contributed by atoms with E-state index >= 15 is 0 Å². The monoisotopic (exact) mass is 396 g/mol. The number of unbranched alkanes of at least 4 members (excludes halogenated alkanes) is 4. The summed E-state index contributed by atoms with van der Waals surface area (Å²) in [4.78, 5) is 0. The average Bonchev–Trinajstić information content (AvgIpc) is 2.67. The quantitative estimate of drug-likeness (QED) is 0.261. The first-order valence-corrected chi connectivity index (χ1v) is 14.6. The van der Waals surface area contributed by atoms with Gasteiger partial charge in [-0.15, -0.1) is 0 Å². The van der Waals surface area contributed by atoms with Gasteiger partial charge in [0.1, 0.15) is 34.5 Å². The van der Waals surface area contributed by atoms with E-state index in [2.05, 4.69) is 52.0 Å². The second-order valence-corrected chi connectivity index (χ2v) is 12.2. The molecule has 0 amide bonds. The molecule has 0 bridgehead atoms. The Morgan fingerprint density at radius 3 is 1.00 bits per heavy atom. The van der Waals surface area contributed by atoms with Gasteiger partial charge < -0.3 is 0 Å². The molecule has 150 valence electrons. The Hall–Kier alpha value is -0.0800. The van der Waals surface area contributed by atoms with Crippen LogP contribution in [-0.4, -0.2) is 23.0 Å². The lowest BCUT2D eigenvalue weighted by Gasteiger charge is -2.10. The Morgan fingerprint density at radius 1 is 0.500 bits per heavy atom. The van der Waals surface area contributed by atoms with Gasteiger partial charge in [0.25, 0.3) is 0 Å². The number of hydrogen-bond donors (Lipinski definition) is 0. The van der Waals surface area contributed by atoms with Crippen LogP contribution in [0.3, 0.4) is 0 Å². The van der Waals surface area contributed by atoms with E-state index in [0.29, 0.717) is 21.8 Å². The first-order valence-electron chi connectivity index (χ1n) is 11.1. The van der Waals surface area contributed by atoms with Crippen LogP contribution in [0.5, 0.6) is 0 Å². The molecule has 1 aromatic rings. The predicted octanol–water partition coefficient (Wildman–Crippen LogP) is 7.12. The highest BCUT2D eigenvalue weighted by atomic mass is 32.2. The second kappa shape index (κ2) is 15.9. The van der Waals surface area contributed by atoms with E-state index in [4.69, 9.17) is 0 Å². The third-order valence-electron chi connectivity index (χ3n) is 4.91. The third kappa shape index (κ3) is 10.9. The molecule has 0 spiro atoms. The van der Waals surface area contributed by atoms with Gasteiger partial charge in [-0.2, -0.15) is 0 Å².